The number of urea groups is 1. The van der Waals surface area contributed by atoms with Crippen molar-refractivity contribution in [3.05, 3.63) is 39.3 Å². The number of pyridine rings is 1. The van der Waals surface area contributed by atoms with E-state index in [1.54, 1.807) is 4.72 Å². The number of amides is 7. The maximum absolute atomic E-state index is 13.1. The second-order valence-electron chi connectivity index (χ2n) is 11.9. The summed E-state index contributed by atoms with van der Waals surface area (Å²) in [7, 11) is -4.95. The molecule has 0 aromatic carbocycles. The smallest absolute Gasteiger partial charge is 0.350 e. The van der Waals surface area contributed by atoms with Gasteiger partial charge in [-0.25, -0.2) is 23.6 Å². The number of nitrogen functional groups attached to an aromatic ring is 1. The summed E-state index contributed by atoms with van der Waals surface area (Å²) in [6, 6.07) is -5.79. The molecule has 2 aromatic rings. The zero-order valence-corrected chi connectivity index (χ0v) is 29.4. The van der Waals surface area contributed by atoms with Crippen LogP contribution in [0.15, 0.2) is 27.6 Å². The van der Waals surface area contributed by atoms with E-state index in [4.69, 9.17) is 16.3 Å². The molecule has 24 nitrogen and oxygen atoms in total. The Morgan fingerprint density at radius 2 is 1.89 bits per heavy atom. The van der Waals surface area contributed by atoms with Gasteiger partial charge in [0.15, 0.2) is 16.6 Å². The van der Waals surface area contributed by atoms with Crippen LogP contribution in [-0.2, 0) is 39.0 Å². The average Bonchev–Trinajstić information content (AvgIpc) is 3.68. The quantitative estimate of drug-likeness (QED) is 0.0529. The predicted molar refractivity (Wildman–Crippen MR) is 179 cm³/mol. The number of nitrogens with two attached hydrogens (primary N) is 2. The van der Waals surface area contributed by atoms with Gasteiger partial charge in [0.1, 0.15) is 23.5 Å². The van der Waals surface area contributed by atoms with E-state index in [-0.39, 0.29) is 20.8 Å². The van der Waals surface area contributed by atoms with Gasteiger partial charge in [-0.3, -0.25) is 33.7 Å². The number of carbonyl (C=O) groups is 7. The van der Waals surface area contributed by atoms with E-state index in [0.29, 0.717) is 4.90 Å². The summed E-state index contributed by atoms with van der Waals surface area (Å²) in [4.78, 5) is 112. The van der Waals surface area contributed by atoms with Crippen LogP contribution in [0.1, 0.15) is 43.4 Å². The molecule has 2 aliphatic rings. The van der Waals surface area contributed by atoms with Gasteiger partial charge in [-0.2, -0.15) is 8.42 Å². The largest absolute Gasteiger partial charge is 0.503 e. The minimum Gasteiger partial charge on any atom is -0.503 e. The van der Waals surface area contributed by atoms with Crippen molar-refractivity contribution in [2.75, 3.05) is 18.8 Å². The first-order valence-corrected chi connectivity index (χ1v) is 17.4. The molecule has 0 aliphatic carbocycles. The third-order valence-electron chi connectivity index (χ3n) is 7.69. The molecule has 2 aromatic heterocycles. The molecule has 2 saturated heterocycles. The van der Waals surface area contributed by atoms with E-state index in [9.17, 15) is 57.0 Å². The molecule has 0 saturated carbocycles. The van der Waals surface area contributed by atoms with Crippen LogP contribution in [0.2, 0.25) is 0 Å². The monoisotopic (exact) mass is 783 g/mol. The van der Waals surface area contributed by atoms with E-state index in [0.717, 1.165) is 37.4 Å². The molecule has 4 rings (SSSR count). The van der Waals surface area contributed by atoms with Crippen LogP contribution < -0.4 is 37.6 Å². The van der Waals surface area contributed by atoms with Gasteiger partial charge < -0.3 is 47.5 Å². The summed E-state index contributed by atoms with van der Waals surface area (Å²) in [5, 5.41) is 30.5. The lowest BCUT2D eigenvalue weighted by Gasteiger charge is -2.43. The van der Waals surface area contributed by atoms with Crippen molar-refractivity contribution in [2.24, 2.45) is 10.9 Å². The van der Waals surface area contributed by atoms with E-state index < -0.39 is 118 Å². The summed E-state index contributed by atoms with van der Waals surface area (Å²) >= 11 is 0.921. The standard InChI is InChI=1S/C27H33N11O13S2/c1-10-18(34-22(44)19(14-9-52-25(29)33-14)35-51-27(2,3)24(46)47)23(45)38(10)26(48)36-53(49,50)37-8-11(4-17(37)41)31-21(43)13(6-28)32-20(42)12-5-15(39)16(40)7-30-12/h5,7,9-11,13,18,40H,4,6,8,28H2,1-3H3,(H2,29,33)(H,30,39)(H,31,43)(H,32,42)(H,34,44)(H,36,48)(H,46,47)/b35-19-/t10-,11-,13-,18-/m0/s1. The number of aromatic amines is 1. The lowest BCUT2D eigenvalue weighted by molar-refractivity contribution is -0.161. The van der Waals surface area contributed by atoms with Crippen molar-refractivity contribution in [2.45, 2.75) is 57.0 Å². The third kappa shape index (κ3) is 8.67. The predicted octanol–water partition coefficient (Wildman–Crippen LogP) is -4.15. The van der Waals surface area contributed by atoms with Gasteiger partial charge in [0.05, 0.1) is 18.6 Å². The second kappa shape index (κ2) is 15.2. The van der Waals surface area contributed by atoms with E-state index in [2.05, 4.69) is 31.1 Å². The van der Waals surface area contributed by atoms with E-state index in [1.807, 2.05) is 0 Å². The molecule has 286 valence electrons. The Morgan fingerprint density at radius 1 is 1.21 bits per heavy atom. The third-order valence-corrected chi connectivity index (χ3v) is 9.73. The normalized spacial score (nSPS) is 19.5. The molecule has 0 unspecified atom stereocenters. The van der Waals surface area contributed by atoms with Gasteiger partial charge in [0.2, 0.25) is 22.8 Å². The SMILES string of the molecule is C[C@H]1[C@H](NC(=O)/C(=N\OC(C)(C)C(=O)O)c2csc(N)n2)C(=O)N1C(=O)NS(=O)(=O)N1C[C@@H](NC(=O)[C@H](CN)NC(=O)c2cc(=O)c(O)c[nH]2)CC1=O. The molecule has 4 heterocycles. The number of likely N-dealkylation sites (tertiary alicyclic amines) is 1. The molecule has 2 fully saturated rings. The summed E-state index contributed by atoms with van der Waals surface area (Å²) < 4.78 is 27.9. The Kier molecular flexibility index (Phi) is 11.4. The zero-order valence-electron chi connectivity index (χ0n) is 27.8. The number of hydrogen-bond acceptors (Lipinski definition) is 17. The van der Waals surface area contributed by atoms with Crippen molar-refractivity contribution in [1.82, 2.24) is 39.8 Å². The number of aromatic hydroxyl groups is 1. The summed E-state index contributed by atoms with van der Waals surface area (Å²) in [5.74, 6) is -7.10. The van der Waals surface area contributed by atoms with Gasteiger partial charge >= 0.3 is 22.2 Å². The molecule has 2 aliphatic heterocycles. The molecule has 11 N–H and O–H groups in total. The Bertz CT molecular complexity index is 2060. The maximum Gasteiger partial charge on any atom is 0.350 e. The Hall–Kier alpha value is -6.15. The Balaban J connectivity index is 1.35. The van der Waals surface area contributed by atoms with Crippen LogP contribution in [-0.4, -0.2) is 128 Å². The Morgan fingerprint density at radius 3 is 2.45 bits per heavy atom. The van der Waals surface area contributed by atoms with Crippen LogP contribution in [0.25, 0.3) is 0 Å². The number of nitrogens with one attached hydrogen (secondary N) is 5. The number of thiazole rings is 1. The zero-order chi connectivity index (χ0) is 39.6. The number of carbonyl (C=O) groups excluding carboxylic acids is 6. The summed E-state index contributed by atoms with van der Waals surface area (Å²) in [5.41, 5.74) is 7.49. The van der Waals surface area contributed by atoms with Crippen molar-refractivity contribution in [1.29, 1.82) is 0 Å². The number of imide groups is 1. The molecule has 7 amide bonds. The van der Waals surface area contributed by atoms with E-state index in [1.165, 1.54) is 12.3 Å². The van der Waals surface area contributed by atoms with Gasteiger partial charge in [-0.15, -0.1) is 11.3 Å². The average molecular weight is 784 g/mol. The van der Waals surface area contributed by atoms with Crippen LogP contribution in [0.3, 0.4) is 0 Å². The van der Waals surface area contributed by atoms with Crippen molar-refractivity contribution < 1.29 is 57.0 Å². The fraction of sp³-hybridized carbons (Fsp3) is 0.407. The minimum atomic E-state index is -4.95. The summed E-state index contributed by atoms with van der Waals surface area (Å²) in [6.07, 6.45) is 0.312. The first-order valence-electron chi connectivity index (χ1n) is 15.1. The number of carboxylic acids is 1. The molecule has 0 bridgehead atoms. The van der Waals surface area contributed by atoms with Crippen LogP contribution >= 0.6 is 11.3 Å². The van der Waals surface area contributed by atoms with Gasteiger partial charge in [0.25, 0.3) is 17.7 Å². The number of oxime groups is 1. The maximum atomic E-state index is 13.1. The molecule has 0 spiro atoms. The fourth-order valence-corrected chi connectivity index (χ4v) is 6.38. The molecule has 4 atom stereocenters. The number of nitrogens with zero attached hydrogens (tertiary/aromatic N) is 4. The van der Waals surface area contributed by atoms with Gasteiger partial charge in [0, 0.05) is 30.6 Å². The molecule has 53 heavy (non-hydrogen) atoms. The lowest BCUT2D eigenvalue weighted by Crippen LogP contribution is -2.73. The number of aromatic nitrogens is 2. The van der Waals surface area contributed by atoms with Crippen molar-refractivity contribution >= 4 is 73.9 Å². The second-order valence-corrected chi connectivity index (χ2v) is 14.4. The van der Waals surface area contributed by atoms with Gasteiger partial charge in [-0.1, -0.05) is 5.16 Å². The lowest BCUT2D eigenvalue weighted by atomic mass is 9.97. The fourth-order valence-electron chi connectivity index (χ4n) is 4.69. The number of aliphatic carboxylic acids is 1. The number of carboxylic acid groups (broad SMARTS) is 1. The molecular formula is C27H33N11O13S2. The van der Waals surface area contributed by atoms with Crippen LogP contribution in [0.5, 0.6) is 5.75 Å². The Labute approximate surface area is 302 Å². The topological polar surface area (TPSA) is 368 Å². The van der Waals surface area contributed by atoms with Crippen LogP contribution in [0.4, 0.5) is 9.93 Å². The highest BCUT2D eigenvalue weighted by atomic mass is 32.2. The van der Waals surface area contributed by atoms with Crippen molar-refractivity contribution in [3.8, 4) is 5.75 Å². The highest BCUT2D eigenvalue weighted by molar-refractivity contribution is 7.88. The number of rotatable bonds is 13. The summed E-state index contributed by atoms with van der Waals surface area (Å²) in [6.45, 7) is 2.50. The first-order chi connectivity index (χ1) is 24.7. The number of H-pyrrole nitrogens is 1. The highest BCUT2D eigenvalue weighted by Crippen LogP contribution is 2.23. The van der Waals surface area contributed by atoms with E-state index >= 15 is 0 Å². The number of β-lactam (4-membered cyclic amide) rings is 1. The number of anilines is 1. The van der Waals surface area contributed by atoms with Crippen molar-refractivity contribution in [3.63, 3.8) is 0 Å². The molecule has 0 radical (unpaired) electrons. The minimum absolute atomic E-state index is 0.0233. The highest BCUT2D eigenvalue weighted by Gasteiger charge is 2.51. The van der Waals surface area contributed by atoms with Gasteiger partial charge in [-0.05, 0) is 20.8 Å². The van der Waals surface area contributed by atoms with Crippen LogP contribution in [0, 0.1) is 0 Å². The first kappa shape index (κ1) is 39.6. The molecule has 26 heteroatoms. The molecular weight excluding hydrogens is 750 g/mol. The number of hydrogen-bond donors (Lipinski definition) is 9.